The highest BCUT2D eigenvalue weighted by Gasteiger charge is 2.27. The molecule has 7 nitrogen and oxygen atoms in total. The van der Waals surface area contributed by atoms with Crippen molar-refractivity contribution >= 4 is 17.4 Å². The predicted molar refractivity (Wildman–Crippen MR) is 112 cm³/mol. The molecule has 3 heterocycles. The van der Waals surface area contributed by atoms with Crippen molar-refractivity contribution in [1.29, 1.82) is 0 Å². The minimum absolute atomic E-state index is 0.0195. The van der Waals surface area contributed by atoms with Crippen LogP contribution in [0.5, 0.6) is 0 Å². The number of benzene rings is 1. The number of piperidine rings is 1. The van der Waals surface area contributed by atoms with Gasteiger partial charge in [0.2, 0.25) is 5.91 Å². The van der Waals surface area contributed by atoms with Gasteiger partial charge in [0.1, 0.15) is 5.82 Å². The summed E-state index contributed by atoms with van der Waals surface area (Å²) in [5.41, 5.74) is 1.16. The van der Waals surface area contributed by atoms with Crippen molar-refractivity contribution in [3.63, 3.8) is 0 Å². The third-order valence-corrected chi connectivity index (χ3v) is 5.96. The smallest absolute Gasteiger partial charge is 0.295 e. The molecule has 1 aromatic carbocycles. The fourth-order valence-electron chi connectivity index (χ4n) is 4.28. The number of carbonyl (C=O) groups excluding carboxylic acids is 1. The van der Waals surface area contributed by atoms with E-state index < -0.39 is 0 Å². The van der Waals surface area contributed by atoms with E-state index >= 15 is 0 Å². The van der Waals surface area contributed by atoms with Crippen LogP contribution in [0.15, 0.2) is 42.5 Å². The summed E-state index contributed by atoms with van der Waals surface area (Å²) in [4.78, 5) is 32.3. The van der Waals surface area contributed by atoms with E-state index in [0.29, 0.717) is 23.9 Å². The van der Waals surface area contributed by atoms with Crippen LogP contribution in [0.2, 0.25) is 0 Å². The molecule has 2 aromatic rings. The molecule has 0 bridgehead atoms. The van der Waals surface area contributed by atoms with E-state index in [0.717, 1.165) is 63.2 Å². The minimum atomic E-state index is -0.380. The summed E-state index contributed by atoms with van der Waals surface area (Å²) in [6.45, 7) is 3.45. The quantitative estimate of drug-likeness (QED) is 0.568. The number of aromatic nitrogens is 1. The fraction of sp³-hybridized carbons (Fsp3) is 0.455. The van der Waals surface area contributed by atoms with Gasteiger partial charge in [0.05, 0.1) is 4.92 Å². The molecule has 7 heteroatoms. The van der Waals surface area contributed by atoms with Gasteiger partial charge in [0, 0.05) is 44.2 Å². The Hall–Kier alpha value is -2.96. The van der Waals surface area contributed by atoms with Crippen molar-refractivity contribution < 1.29 is 9.72 Å². The van der Waals surface area contributed by atoms with Crippen LogP contribution in [-0.2, 0) is 4.79 Å². The van der Waals surface area contributed by atoms with Crippen LogP contribution in [-0.4, -0.2) is 46.9 Å². The molecule has 1 amide bonds. The van der Waals surface area contributed by atoms with Crippen LogP contribution in [0.3, 0.4) is 0 Å². The number of hydrogen-bond acceptors (Lipinski definition) is 5. The zero-order valence-corrected chi connectivity index (χ0v) is 16.5. The summed E-state index contributed by atoms with van der Waals surface area (Å²) in [5.74, 6) is 1.46. The molecule has 0 spiro atoms. The van der Waals surface area contributed by atoms with Gasteiger partial charge in [0.15, 0.2) is 5.69 Å². The van der Waals surface area contributed by atoms with Crippen LogP contribution in [0, 0.1) is 16.0 Å². The van der Waals surface area contributed by atoms with Gasteiger partial charge in [-0.05, 0) is 37.7 Å². The molecular weight excluding hydrogens is 368 g/mol. The summed E-state index contributed by atoms with van der Waals surface area (Å²) < 4.78 is 0. The molecule has 1 aromatic heterocycles. The molecule has 0 aliphatic carbocycles. The highest BCUT2D eigenvalue weighted by molar-refractivity contribution is 5.76. The largest absolute Gasteiger partial charge is 0.357 e. The first-order valence-electron chi connectivity index (χ1n) is 10.4. The number of hydrogen-bond donors (Lipinski definition) is 0. The SMILES string of the molecule is O=C(CC1CCN(c2ccc([N+](=O)[O-])c(-c3ccccc3)n2)CC1)N1CCCC1. The van der Waals surface area contributed by atoms with Gasteiger partial charge in [-0.2, -0.15) is 0 Å². The molecule has 29 heavy (non-hydrogen) atoms. The van der Waals surface area contributed by atoms with E-state index in [4.69, 9.17) is 0 Å². The zero-order valence-electron chi connectivity index (χ0n) is 16.5. The van der Waals surface area contributed by atoms with E-state index in [1.165, 1.54) is 0 Å². The highest BCUT2D eigenvalue weighted by atomic mass is 16.6. The Balaban J connectivity index is 1.44. The molecule has 0 saturated carbocycles. The number of nitrogens with zero attached hydrogens (tertiary/aromatic N) is 4. The molecule has 2 aliphatic heterocycles. The van der Waals surface area contributed by atoms with Crippen molar-refractivity contribution in [2.75, 3.05) is 31.1 Å². The maximum atomic E-state index is 12.4. The van der Waals surface area contributed by atoms with E-state index in [1.54, 1.807) is 12.1 Å². The van der Waals surface area contributed by atoms with Gasteiger partial charge >= 0.3 is 0 Å². The average molecular weight is 394 g/mol. The van der Waals surface area contributed by atoms with Crippen molar-refractivity contribution in [2.45, 2.75) is 32.1 Å². The lowest BCUT2D eigenvalue weighted by atomic mass is 9.93. The van der Waals surface area contributed by atoms with Crippen molar-refractivity contribution in [2.24, 2.45) is 5.92 Å². The number of amides is 1. The molecule has 2 saturated heterocycles. The molecule has 0 N–H and O–H groups in total. The van der Waals surface area contributed by atoms with E-state index in [2.05, 4.69) is 9.88 Å². The summed E-state index contributed by atoms with van der Waals surface area (Å²) in [5, 5.41) is 11.5. The maximum Gasteiger partial charge on any atom is 0.295 e. The Labute approximate surface area is 170 Å². The number of likely N-dealkylation sites (tertiary alicyclic amines) is 1. The highest BCUT2D eigenvalue weighted by Crippen LogP contribution is 2.32. The maximum absolute atomic E-state index is 12.4. The van der Waals surface area contributed by atoms with Gasteiger partial charge in [-0.25, -0.2) is 4.98 Å². The van der Waals surface area contributed by atoms with Crippen LogP contribution < -0.4 is 4.90 Å². The third-order valence-electron chi connectivity index (χ3n) is 5.96. The zero-order chi connectivity index (χ0) is 20.2. The second-order valence-electron chi connectivity index (χ2n) is 7.88. The van der Waals surface area contributed by atoms with Crippen LogP contribution in [0.1, 0.15) is 32.1 Å². The summed E-state index contributed by atoms with van der Waals surface area (Å²) in [7, 11) is 0. The normalized spacial score (nSPS) is 17.5. The summed E-state index contributed by atoms with van der Waals surface area (Å²) in [6, 6.07) is 12.6. The van der Waals surface area contributed by atoms with Crippen molar-refractivity contribution in [1.82, 2.24) is 9.88 Å². The number of rotatable bonds is 5. The van der Waals surface area contributed by atoms with E-state index in [9.17, 15) is 14.9 Å². The molecule has 4 rings (SSSR count). The molecular formula is C22H26N4O3. The second kappa shape index (κ2) is 8.59. The van der Waals surface area contributed by atoms with Gasteiger partial charge in [-0.15, -0.1) is 0 Å². The lowest BCUT2D eigenvalue weighted by Crippen LogP contribution is -2.37. The number of anilines is 1. The lowest BCUT2D eigenvalue weighted by molar-refractivity contribution is -0.384. The number of nitro groups is 1. The van der Waals surface area contributed by atoms with E-state index in [-0.39, 0.29) is 10.6 Å². The van der Waals surface area contributed by atoms with Gasteiger partial charge in [-0.3, -0.25) is 14.9 Å². The van der Waals surface area contributed by atoms with Crippen LogP contribution >= 0.6 is 0 Å². The fourth-order valence-corrected chi connectivity index (χ4v) is 4.28. The Kier molecular flexibility index (Phi) is 5.74. The molecule has 0 radical (unpaired) electrons. The minimum Gasteiger partial charge on any atom is -0.357 e. The van der Waals surface area contributed by atoms with E-state index in [1.807, 2.05) is 35.2 Å². The van der Waals surface area contributed by atoms with Gasteiger partial charge in [-0.1, -0.05) is 30.3 Å². The Bertz CT molecular complexity index is 873. The summed E-state index contributed by atoms with van der Waals surface area (Å²) >= 11 is 0. The van der Waals surface area contributed by atoms with Crippen molar-refractivity contribution in [3.8, 4) is 11.3 Å². The van der Waals surface area contributed by atoms with Crippen LogP contribution in [0.4, 0.5) is 11.5 Å². The van der Waals surface area contributed by atoms with Crippen LogP contribution in [0.25, 0.3) is 11.3 Å². The Morgan fingerprint density at radius 3 is 2.38 bits per heavy atom. The molecule has 152 valence electrons. The number of carbonyl (C=O) groups is 1. The predicted octanol–water partition coefficient (Wildman–Crippen LogP) is 3.89. The number of pyridine rings is 1. The van der Waals surface area contributed by atoms with Gasteiger partial charge < -0.3 is 9.80 Å². The first-order valence-corrected chi connectivity index (χ1v) is 10.4. The van der Waals surface area contributed by atoms with Gasteiger partial charge in [0.25, 0.3) is 5.69 Å². The first-order chi connectivity index (χ1) is 14.1. The molecule has 2 aliphatic rings. The monoisotopic (exact) mass is 394 g/mol. The topological polar surface area (TPSA) is 79.6 Å². The first kappa shape index (κ1) is 19.4. The average Bonchev–Trinajstić information content (AvgIpc) is 3.30. The lowest BCUT2D eigenvalue weighted by Gasteiger charge is -2.33. The molecule has 0 atom stereocenters. The summed E-state index contributed by atoms with van der Waals surface area (Å²) in [6.07, 6.45) is 4.77. The van der Waals surface area contributed by atoms with Crippen molar-refractivity contribution in [3.05, 3.63) is 52.6 Å². The molecule has 2 fully saturated rings. The third kappa shape index (κ3) is 4.39. The second-order valence-corrected chi connectivity index (χ2v) is 7.88. The Morgan fingerprint density at radius 1 is 1.03 bits per heavy atom. The Morgan fingerprint density at radius 2 is 1.72 bits per heavy atom. The molecule has 0 unspecified atom stereocenters. The standard InChI is InChI=1S/C22H26N4O3/c27-21(25-12-4-5-13-25)16-17-10-14-24(15-11-17)20-9-8-19(26(28)29)22(23-20)18-6-2-1-3-7-18/h1-3,6-9,17H,4-5,10-16H2.